The lowest BCUT2D eigenvalue weighted by Gasteiger charge is -2.19. The highest BCUT2D eigenvalue weighted by Crippen LogP contribution is 2.30. The first-order valence-corrected chi connectivity index (χ1v) is 7.61. The number of likely N-dealkylation sites (N-methyl/N-ethyl adjacent to an activating group) is 1. The fraction of sp³-hybridized carbons (Fsp3) is 0.562. The van der Waals surface area contributed by atoms with Crippen molar-refractivity contribution < 1.29 is 14.3 Å². The van der Waals surface area contributed by atoms with Gasteiger partial charge in [0.05, 0.1) is 13.2 Å². The summed E-state index contributed by atoms with van der Waals surface area (Å²) in [5.41, 5.74) is 6.19. The standard InChI is InChI=1S/C16H27N3O3/c1-5-19(6-2)9-10-22-15-11-13(7-8-14(15)21-4)18-16(20)12(3)17/h7-8,11-12H,5-6,9-10,17H2,1-4H3,(H,18,20). The molecule has 1 rings (SSSR count). The van der Waals surface area contributed by atoms with E-state index in [1.165, 1.54) is 0 Å². The molecule has 22 heavy (non-hydrogen) atoms. The van der Waals surface area contributed by atoms with Gasteiger partial charge in [-0.2, -0.15) is 0 Å². The number of ether oxygens (including phenoxy) is 2. The maximum Gasteiger partial charge on any atom is 0.241 e. The van der Waals surface area contributed by atoms with E-state index in [2.05, 4.69) is 24.1 Å². The number of methoxy groups -OCH3 is 1. The van der Waals surface area contributed by atoms with Gasteiger partial charge in [-0.1, -0.05) is 13.8 Å². The van der Waals surface area contributed by atoms with Crippen LogP contribution in [0.2, 0.25) is 0 Å². The quantitative estimate of drug-likeness (QED) is 0.726. The number of benzene rings is 1. The van der Waals surface area contributed by atoms with E-state index in [0.717, 1.165) is 19.6 Å². The molecule has 0 aliphatic carbocycles. The number of hydrogen-bond donors (Lipinski definition) is 2. The van der Waals surface area contributed by atoms with Crippen molar-refractivity contribution in [1.29, 1.82) is 0 Å². The van der Waals surface area contributed by atoms with Crippen LogP contribution in [0.3, 0.4) is 0 Å². The van der Waals surface area contributed by atoms with E-state index in [-0.39, 0.29) is 5.91 Å². The zero-order valence-electron chi connectivity index (χ0n) is 13.9. The van der Waals surface area contributed by atoms with Crippen LogP contribution in [0.5, 0.6) is 11.5 Å². The molecular formula is C16H27N3O3. The van der Waals surface area contributed by atoms with Crippen molar-refractivity contribution in [2.75, 3.05) is 38.7 Å². The van der Waals surface area contributed by atoms with Gasteiger partial charge in [-0.25, -0.2) is 0 Å². The van der Waals surface area contributed by atoms with Gasteiger partial charge in [0.2, 0.25) is 5.91 Å². The summed E-state index contributed by atoms with van der Waals surface area (Å²) in [4.78, 5) is 13.9. The van der Waals surface area contributed by atoms with Gasteiger partial charge in [0.25, 0.3) is 0 Å². The molecule has 0 aromatic heterocycles. The molecule has 0 spiro atoms. The number of amides is 1. The highest BCUT2D eigenvalue weighted by molar-refractivity contribution is 5.94. The average Bonchev–Trinajstić information content (AvgIpc) is 2.51. The molecule has 6 nitrogen and oxygen atoms in total. The van der Waals surface area contributed by atoms with Gasteiger partial charge in [-0.05, 0) is 32.1 Å². The smallest absolute Gasteiger partial charge is 0.241 e. The normalized spacial score (nSPS) is 12.1. The first-order chi connectivity index (χ1) is 10.5. The van der Waals surface area contributed by atoms with E-state index < -0.39 is 6.04 Å². The number of carbonyl (C=O) groups excluding carboxylic acids is 1. The summed E-state index contributed by atoms with van der Waals surface area (Å²) < 4.78 is 11.1. The third kappa shape index (κ3) is 5.54. The molecule has 0 fully saturated rings. The predicted molar refractivity (Wildman–Crippen MR) is 88.6 cm³/mol. The summed E-state index contributed by atoms with van der Waals surface area (Å²) in [5.74, 6) is 1.01. The van der Waals surface area contributed by atoms with Crippen molar-refractivity contribution in [3.63, 3.8) is 0 Å². The molecule has 0 bridgehead atoms. The minimum atomic E-state index is -0.561. The topological polar surface area (TPSA) is 76.8 Å². The van der Waals surface area contributed by atoms with Gasteiger partial charge in [-0.15, -0.1) is 0 Å². The number of rotatable bonds is 9. The summed E-state index contributed by atoms with van der Waals surface area (Å²) in [7, 11) is 1.59. The second-order valence-corrected chi connectivity index (χ2v) is 5.02. The minimum absolute atomic E-state index is 0.237. The van der Waals surface area contributed by atoms with Crippen LogP contribution in [0.1, 0.15) is 20.8 Å². The van der Waals surface area contributed by atoms with Crippen LogP contribution < -0.4 is 20.5 Å². The Labute approximate surface area is 132 Å². The molecule has 1 atom stereocenters. The van der Waals surface area contributed by atoms with E-state index >= 15 is 0 Å². The summed E-state index contributed by atoms with van der Waals surface area (Å²) in [6.07, 6.45) is 0. The van der Waals surface area contributed by atoms with Gasteiger partial charge in [0.15, 0.2) is 11.5 Å². The van der Waals surface area contributed by atoms with Crippen molar-refractivity contribution in [1.82, 2.24) is 4.90 Å². The van der Waals surface area contributed by atoms with Gasteiger partial charge in [0, 0.05) is 18.3 Å². The Morgan fingerprint density at radius 3 is 2.55 bits per heavy atom. The molecule has 0 aliphatic heterocycles. The number of nitrogens with one attached hydrogen (secondary N) is 1. The lowest BCUT2D eigenvalue weighted by Crippen LogP contribution is -2.32. The van der Waals surface area contributed by atoms with Crippen molar-refractivity contribution in [2.24, 2.45) is 5.73 Å². The first-order valence-electron chi connectivity index (χ1n) is 7.61. The molecule has 0 heterocycles. The van der Waals surface area contributed by atoms with E-state index in [9.17, 15) is 4.79 Å². The molecule has 124 valence electrons. The van der Waals surface area contributed by atoms with Gasteiger partial charge < -0.3 is 25.4 Å². The fourth-order valence-corrected chi connectivity index (χ4v) is 1.95. The van der Waals surface area contributed by atoms with Crippen LogP contribution in [-0.2, 0) is 4.79 Å². The molecular weight excluding hydrogens is 282 g/mol. The van der Waals surface area contributed by atoms with Crippen LogP contribution in [0, 0.1) is 0 Å². The first kappa shape index (κ1) is 18.3. The molecule has 0 saturated heterocycles. The highest BCUT2D eigenvalue weighted by Gasteiger charge is 2.11. The zero-order valence-corrected chi connectivity index (χ0v) is 13.9. The summed E-state index contributed by atoms with van der Waals surface area (Å²) in [6, 6.07) is 4.72. The number of nitrogens with two attached hydrogens (primary N) is 1. The summed E-state index contributed by atoms with van der Waals surface area (Å²) in [6.45, 7) is 9.25. The second-order valence-electron chi connectivity index (χ2n) is 5.02. The minimum Gasteiger partial charge on any atom is -0.493 e. The fourth-order valence-electron chi connectivity index (χ4n) is 1.95. The summed E-state index contributed by atoms with van der Waals surface area (Å²) >= 11 is 0. The van der Waals surface area contributed by atoms with Gasteiger partial charge in [-0.3, -0.25) is 4.79 Å². The van der Waals surface area contributed by atoms with Gasteiger partial charge >= 0.3 is 0 Å². The molecule has 6 heteroatoms. The molecule has 1 amide bonds. The zero-order chi connectivity index (χ0) is 16.5. The molecule has 1 aromatic rings. The Balaban J connectivity index is 2.72. The Hall–Kier alpha value is -1.79. The van der Waals surface area contributed by atoms with Crippen LogP contribution in [-0.4, -0.2) is 50.2 Å². The molecule has 0 saturated carbocycles. The lowest BCUT2D eigenvalue weighted by atomic mass is 10.2. The number of nitrogens with zero attached hydrogens (tertiary/aromatic N) is 1. The molecule has 0 aliphatic rings. The number of anilines is 1. The van der Waals surface area contributed by atoms with E-state index in [0.29, 0.717) is 23.8 Å². The SMILES string of the molecule is CCN(CC)CCOc1cc(NC(=O)C(C)N)ccc1OC. The Kier molecular flexibility index (Phi) is 7.70. The number of hydrogen-bond acceptors (Lipinski definition) is 5. The third-order valence-corrected chi connectivity index (χ3v) is 3.40. The Morgan fingerprint density at radius 2 is 2.00 bits per heavy atom. The highest BCUT2D eigenvalue weighted by atomic mass is 16.5. The third-order valence-electron chi connectivity index (χ3n) is 3.40. The van der Waals surface area contributed by atoms with E-state index in [4.69, 9.17) is 15.2 Å². The maximum absolute atomic E-state index is 11.6. The summed E-state index contributed by atoms with van der Waals surface area (Å²) in [5, 5.41) is 2.74. The largest absolute Gasteiger partial charge is 0.493 e. The predicted octanol–water partition coefficient (Wildman–Crippen LogP) is 1.70. The van der Waals surface area contributed by atoms with Crippen LogP contribution in [0.4, 0.5) is 5.69 Å². The van der Waals surface area contributed by atoms with Crippen molar-refractivity contribution in [3.05, 3.63) is 18.2 Å². The second kappa shape index (κ2) is 9.27. The van der Waals surface area contributed by atoms with E-state index in [1.807, 2.05) is 0 Å². The lowest BCUT2D eigenvalue weighted by molar-refractivity contribution is -0.117. The van der Waals surface area contributed by atoms with Crippen molar-refractivity contribution in [3.8, 4) is 11.5 Å². The average molecular weight is 309 g/mol. The molecule has 1 aromatic carbocycles. The van der Waals surface area contributed by atoms with Crippen LogP contribution in [0.25, 0.3) is 0 Å². The number of carbonyl (C=O) groups is 1. The molecule has 3 N–H and O–H groups in total. The van der Waals surface area contributed by atoms with Crippen LogP contribution in [0.15, 0.2) is 18.2 Å². The van der Waals surface area contributed by atoms with E-state index in [1.54, 1.807) is 32.2 Å². The monoisotopic (exact) mass is 309 g/mol. The molecule has 0 radical (unpaired) electrons. The van der Waals surface area contributed by atoms with Crippen molar-refractivity contribution >= 4 is 11.6 Å². The molecule has 1 unspecified atom stereocenters. The van der Waals surface area contributed by atoms with Gasteiger partial charge in [0.1, 0.15) is 6.61 Å². The van der Waals surface area contributed by atoms with Crippen molar-refractivity contribution in [2.45, 2.75) is 26.8 Å². The Bertz CT molecular complexity index is 474. The Morgan fingerprint density at radius 1 is 1.32 bits per heavy atom. The maximum atomic E-state index is 11.6. The van der Waals surface area contributed by atoms with Crippen LogP contribution >= 0.6 is 0 Å².